The Labute approximate surface area is 160 Å². The topological polar surface area (TPSA) is 67.2 Å². The summed E-state index contributed by atoms with van der Waals surface area (Å²) in [6.45, 7) is 8.36. The molecule has 0 aromatic carbocycles. The molecule has 5 atom stereocenters. The third-order valence-electron chi connectivity index (χ3n) is 4.60. The van der Waals surface area contributed by atoms with Gasteiger partial charge in [-0.25, -0.2) is 0 Å². The van der Waals surface area contributed by atoms with Gasteiger partial charge in [-0.05, 0) is 24.2 Å². The van der Waals surface area contributed by atoms with Crippen LogP contribution in [-0.4, -0.2) is 26.8 Å². The molecule has 1 aliphatic rings. The van der Waals surface area contributed by atoms with E-state index in [0.717, 1.165) is 25.5 Å². The Bertz CT molecular complexity index is 384. The summed E-state index contributed by atoms with van der Waals surface area (Å²) < 4.78 is 28.2. The van der Waals surface area contributed by atoms with E-state index in [4.69, 9.17) is 9.92 Å². The minimum atomic E-state index is -3.45. The summed E-state index contributed by atoms with van der Waals surface area (Å²) >= 11 is 0. The van der Waals surface area contributed by atoms with Gasteiger partial charge in [0.1, 0.15) is 0 Å². The third kappa shape index (κ3) is 5.50. The van der Waals surface area contributed by atoms with Gasteiger partial charge in [0.25, 0.3) is 10.1 Å². The van der Waals surface area contributed by atoms with Gasteiger partial charge >= 0.3 is 0 Å². The molecule has 1 fully saturated rings. The SMILES string of the molecule is CCC(CC)C([NH-])[C@@H]1[C@H](OS(C)(=O)=O)[C@@H](C)C[C@H]1C.[Ac]. The number of hydrogen-bond acceptors (Lipinski definition) is 3. The summed E-state index contributed by atoms with van der Waals surface area (Å²) in [6, 6.07) is -0.235. The molecule has 0 bridgehead atoms. The third-order valence-corrected chi connectivity index (χ3v) is 5.17. The first-order valence-electron chi connectivity index (χ1n) is 7.30. The van der Waals surface area contributed by atoms with Crippen molar-refractivity contribution >= 4 is 10.1 Å². The van der Waals surface area contributed by atoms with Crippen molar-refractivity contribution in [2.45, 2.75) is 59.1 Å². The summed E-state index contributed by atoms with van der Waals surface area (Å²) in [5.41, 5.74) is 8.51. The summed E-state index contributed by atoms with van der Waals surface area (Å²) in [5, 5.41) is 0. The van der Waals surface area contributed by atoms with Crippen LogP contribution >= 0.6 is 0 Å². The molecule has 1 rings (SSSR count). The van der Waals surface area contributed by atoms with E-state index in [2.05, 4.69) is 20.8 Å². The van der Waals surface area contributed by atoms with Crippen molar-refractivity contribution in [2.75, 3.05) is 6.26 Å². The smallest absolute Gasteiger partial charge is 0.264 e. The molecule has 0 aliphatic heterocycles. The minimum absolute atomic E-state index is 0. The first-order valence-corrected chi connectivity index (χ1v) is 9.12. The summed E-state index contributed by atoms with van der Waals surface area (Å²) in [7, 11) is -3.45. The summed E-state index contributed by atoms with van der Waals surface area (Å²) in [5.74, 6) is 0.903. The van der Waals surface area contributed by atoms with E-state index in [9.17, 15) is 8.42 Å². The van der Waals surface area contributed by atoms with E-state index >= 15 is 0 Å². The second kappa shape index (κ2) is 8.82. The molecule has 1 unspecified atom stereocenters. The number of rotatable bonds is 6. The van der Waals surface area contributed by atoms with Crippen molar-refractivity contribution in [1.82, 2.24) is 0 Å². The molecule has 0 amide bonds. The van der Waals surface area contributed by atoms with Gasteiger partial charge in [-0.3, -0.25) is 4.18 Å². The normalized spacial score (nSPS) is 32.1. The van der Waals surface area contributed by atoms with E-state index in [1.54, 1.807) is 0 Å². The fourth-order valence-corrected chi connectivity index (χ4v) is 4.33. The van der Waals surface area contributed by atoms with Crippen LogP contribution in [0.3, 0.4) is 0 Å². The van der Waals surface area contributed by atoms with Gasteiger partial charge in [0.15, 0.2) is 0 Å². The van der Waals surface area contributed by atoms with Gasteiger partial charge in [-0.2, -0.15) is 8.42 Å². The molecule has 0 spiro atoms. The van der Waals surface area contributed by atoms with Crippen LogP contribution in [0.15, 0.2) is 0 Å². The maximum absolute atomic E-state index is 11.4. The fourth-order valence-electron chi connectivity index (χ4n) is 3.61. The molecule has 1 saturated carbocycles. The second-order valence-corrected chi connectivity index (χ2v) is 7.74. The molecule has 0 aromatic heterocycles. The molecule has 0 heterocycles. The monoisotopic (exact) mass is 517 g/mol. The largest absolute Gasteiger partial charge is 0.674 e. The Morgan fingerprint density at radius 3 is 2.10 bits per heavy atom. The Hall–Kier alpha value is 1.31. The van der Waals surface area contributed by atoms with Crippen LogP contribution in [0, 0.1) is 67.7 Å². The molecule has 1 N–H and O–H groups in total. The Morgan fingerprint density at radius 2 is 1.70 bits per heavy atom. The van der Waals surface area contributed by atoms with Crippen LogP contribution in [0.25, 0.3) is 5.73 Å². The first-order chi connectivity index (χ1) is 8.71. The molecule has 0 aromatic rings. The van der Waals surface area contributed by atoms with E-state index < -0.39 is 10.1 Å². The maximum atomic E-state index is 11.4. The number of nitrogens with one attached hydrogen (secondary N) is 1. The molecular formula is C14H28AcNO3S-. The van der Waals surface area contributed by atoms with E-state index in [1.807, 2.05) is 6.92 Å². The zero-order valence-electron chi connectivity index (χ0n) is 13.3. The molecule has 0 saturated heterocycles. The van der Waals surface area contributed by atoms with Crippen LogP contribution in [0.5, 0.6) is 0 Å². The molecule has 1 aliphatic carbocycles. The predicted octanol–water partition coefficient (Wildman–Crippen LogP) is 3.48. The van der Waals surface area contributed by atoms with Crippen molar-refractivity contribution in [3.05, 3.63) is 5.73 Å². The first kappa shape index (κ1) is 21.3. The van der Waals surface area contributed by atoms with Gasteiger partial charge < -0.3 is 5.73 Å². The van der Waals surface area contributed by atoms with Crippen LogP contribution in [0.2, 0.25) is 0 Å². The Balaban J connectivity index is 0.00000361. The standard InChI is InChI=1S/C14H28NO3S.Ac/c1-6-11(7-2)13(15)12-9(3)8-10(4)14(12)18-19(5,16)17;/h9-15H,6-8H2,1-5H3;/q-1;/t9-,10+,12-,13?,14-;/m1./s1. The fraction of sp³-hybridized carbons (Fsp3) is 1.00. The van der Waals surface area contributed by atoms with Gasteiger partial charge in [0.2, 0.25) is 0 Å². The van der Waals surface area contributed by atoms with Crippen molar-refractivity contribution in [3.8, 4) is 0 Å². The molecular weight excluding hydrogens is 489 g/mol. The quantitative estimate of drug-likeness (QED) is 0.507. The zero-order valence-corrected chi connectivity index (χ0v) is 18.9. The van der Waals surface area contributed by atoms with Crippen LogP contribution < -0.4 is 0 Å². The Morgan fingerprint density at radius 1 is 1.20 bits per heavy atom. The number of hydrogen-bond donors (Lipinski definition) is 0. The van der Waals surface area contributed by atoms with Crippen molar-refractivity contribution in [2.24, 2.45) is 23.7 Å². The van der Waals surface area contributed by atoms with Crippen molar-refractivity contribution in [1.29, 1.82) is 0 Å². The molecule has 1 radical (unpaired) electrons. The van der Waals surface area contributed by atoms with E-state index in [0.29, 0.717) is 11.8 Å². The Kier molecular flexibility index (Phi) is 9.39. The molecule has 4 nitrogen and oxygen atoms in total. The van der Waals surface area contributed by atoms with E-state index in [1.165, 1.54) is 0 Å². The molecule has 20 heavy (non-hydrogen) atoms. The van der Waals surface area contributed by atoms with Crippen LogP contribution in [-0.2, 0) is 14.3 Å². The van der Waals surface area contributed by atoms with Crippen LogP contribution in [0.4, 0.5) is 0 Å². The zero-order chi connectivity index (χ0) is 14.8. The predicted molar refractivity (Wildman–Crippen MR) is 78.3 cm³/mol. The van der Waals surface area contributed by atoms with Gasteiger partial charge in [0.05, 0.1) is 12.4 Å². The summed E-state index contributed by atoms with van der Waals surface area (Å²) in [6.07, 6.45) is 3.66. The van der Waals surface area contributed by atoms with Gasteiger partial charge in [-0.1, -0.05) is 46.5 Å². The van der Waals surface area contributed by atoms with Gasteiger partial charge in [0, 0.05) is 44.1 Å². The van der Waals surface area contributed by atoms with Crippen molar-refractivity contribution in [3.63, 3.8) is 0 Å². The van der Waals surface area contributed by atoms with Crippen molar-refractivity contribution < 1.29 is 56.7 Å². The maximum Gasteiger partial charge on any atom is 0.264 e. The second-order valence-electron chi connectivity index (χ2n) is 6.13. The molecule has 117 valence electrons. The van der Waals surface area contributed by atoms with Crippen LogP contribution in [0.1, 0.15) is 47.0 Å². The molecule has 6 heteroatoms. The minimum Gasteiger partial charge on any atom is -0.674 e. The average molecular weight is 517 g/mol. The van der Waals surface area contributed by atoms with E-state index in [-0.39, 0.29) is 68.0 Å². The van der Waals surface area contributed by atoms with Gasteiger partial charge in [-0.15, -0.1) is 6.04 Å². The summed E-state index contributed by atoms with van der Waals surface area (Å²) in [4.78, 5) is 0. The average Bonchev–Trinajstić information content (AvgIpc) is 2.53.